The molecule has 3 heteroatoms. The number of rotatable bonds is 3. The monoisotopic (exact) mass is 165 g/mol. The first-order chi connectivity index (χ1) is 5.75. The molecule has 1 aromatic rings. The number of aromatic nitrogens is 2. The van der Waals surface area contributed by atoms with Crippen molar-refractivity contribution >= 4 is 0 Å². The molecule has 0 radical (unpaired) electrons. The van der Waals surface area contributed by atoms with E-state index in [-0.39, 0.29) is 0 Å². The molecule has 0 bridgehead atoms. The van der Waals surface area contributed by atoms with Crippen molar-refractivity contribution in [3.8, 4) is 0 Å². The molecule has 1 heterocycles. The van der Waals surface area contributed by atoms with Gasteiger partial charge in [-0.1, -0.05) is 13.8 Å². The van der Waals surface area contributed by atoms with Gasteiger partial charge in [-0.25, -0.2) is 0 Å². The van der Waals surface area contributed by atoms with Crippen molar-refractivity contribution in [1.82, 2.24) is 15.5 Å². The summed E-state index contributed by atoms with van der Waals surface area (Å²) in [6.07, 6.45) is 3.53. The molecule has 1 N–H and O–H groups in total. The average molecular weight is 165 g/mol. The van der Waals surface area contributed by atoms with Crippen molar-refractivity contribution in [3.05, 3.63) is 24.0 Å². The smallest absolute Gasteiger partial charge is 0.0544 e. The molecule has 66 valence electrons. The fourth-order valence-electron chi connectivity index (χ4n) is 1.37. The number of hydrogen-bond acceptors (Lipinski definition) is 3. The van der Waals surface area contributed by atoms with Crippen LogP contribution in [-0.2, 0) is 0 Å². The van der Waals surface area contributed by atoms with Crippen LogP contribution >= 0.6 is 0 Å². The van der Waals surface area contributed by atoms with E-state index in [9.17, 15) is 0 Å². The van der Waals surface area contributed by atoms with Crippen molar-refractivity contribution in [1.29, 1.82) is 0 Å². The molecule has 3 nitrogen and oxygen atoms in total. The molecular weight excluding hydrogens is 150 g/mol. The van der Waals surface area contributed by atoms with Crippen LogP contribution in [0.5, 0.6) is 0 Å². The van der Waals surface area contributed by atoms with Gasteiger partial charge < -0.3 is 5.32 Å². The molecule has 0 aliphatic carbocycles. The zero-order chi connectivity index (χ0) is 8.97. The Labute approximate surface area is 73.2 Å². The molecule has 1 unspecified atom stereocenters. The van der Waals surface area contributed by atoms with Crippen molar-refractivity contribution in [2.75, 3.05) is 7.05 Å². The minimum atomic E-state index is 0.375. The normalized spacial score (nSPS) is 13.3. The minimum Gasteiger partial charge on any atom is -0.313 e. The van der Waals surface area contributed by atoms with Crippen LogP contribution < -0.4 is 5.32 Å². The van der Waals surface area contributed by atoms with E-state index in [2.05, 4.69) is 29.4 Å². The maximum Gasteiger partial charge on any atom is 0.0544 e. The van der Waals surface area contributed by atoms with Gasteiger partial charge in [0.1, 0.15) is 0 Å². The highest BCUT2D eigenvalue weighted by molar-refractivity contribution is 5.11. The van der Waals surface area contributed by atoms with Gasteiger partial charge in [-0.05, 0) is 24.6 Å². The SMILES string of the molecule is CNC(c1ccnnc1)C(C)C. The van der Waals surface area contributed by atoms with Gasteiger partial charge in [0.25, 0.3) is 0 Å². The molecule has 1 rings (SSSR count). The van der Waals surface area contributed by atoms with Crippen LogP contribution in [0, 0.1) is 5.92 Å². The zero-order valence-corrected chi connectivity index (χ0v) is 7.78. The maximum atomic E-state index is 3.85. The van der Waals surface area contributed by atoms with E-state index in [1.807, 2.05) is 13.1 Å². The van der Waals surface area contributed by atoms with Crippen LogP contribution in [-0.4, -0.2) is 17.2 Å². The number of hydrogen-bond donors (Lipinski definition) is 1. The highest BCUT2D eigenvalue weighted by atomic mass is 15.1. The molecule has 1 atom stereocenters. The zero-order valence-electron chi connectivity index (χ0n) is 7.78. The number of nitrogens with zero attached hydrogens (tertiary/aromatic N) is 2. The molecule has 0 spiro atoms. The Bertz CT molecular complexity index is 220. The van der Waals surface area contributed by atoms with Crippen LogP contribution in [0.2, 0.25) is 0 Å². The molecule has 0 saturated heterocycles. The van der Waals surface area contributed by atoms with E-state index in [1.165, 1.54) is 5.56 Å². The van der Waals surface area contributed by atoms with E-state index in [1.54, 1.807) is 12.4 Å². The highest BCUT2D eigenvalue weighted by Crippen LogP contribution is 2.18. The van der Waals surface area contributed by atoms with Crippen molar-refractivity contribution in [3.63, 3.8) is 0 Å². The third-order valence-electron chi connectivity index (χ3n) is 1.94. The van der Waals surface area contributed by atoms with Crippen LogP contribution in [0.3, 0.4) is 0 Å². The molecule has 0 aliphatic rings. The third kappa shape index (κ3) is 2.01. The second kappa shape index (κ2) is 4.16. The summed E-state index contributed by atoms with van der Waals surface area (Å²) in [5, 5.41) is 10.8. The van der Waals surface area contributed by atoms with Gasteiger partial charge >= 0.3 is 0 Å². The molecular formula is C9H15N3. The summed E-state index contributed by atoms with van der Waals surface area (Å²) in [7, 11) is 1.96. The maximum absolute atomic E-state index is 3.85. The Morgan fingerprint density at radius 1 is 1.33 bits per heavy atom. The summed E-state index contributed by atoms with van der Waals surface area (Å²) in [6.45, 7) is 4.36. The molecule has 0 saturated carbocycles. The Morgan fingerprint density at radius 2 is 2.08 bits per heavy atom. The minimum absolute atomic E-state index is 0.375. The van der Waals surface area contributed by atoms with Crippen molar-refractivity contribution in [2.24, 2.45) is 5.92 Å². The fourth-order valence-corrected chi connectivity index (χ4v) is 1.37. The predicted molar refractivity (Wildman–Crippen MR) is 48.7 cm³/mol. The van der Waals surface area contributed by atoms with Crippen LogP contribution in [0.25, 0.3) is 0 Å². The second-order valence-electron chi connectivity index (χ2n) is 3.19. The molecule has 0 fully saturated rings. The average Bonchev–Trinajstić information content (AvgIpc) is 2.07. The van der Waals surface area contributed by atoms with E-state index >= 15 is 0 Å². The first-order valence-electron chi connectivity index (χ1n) is 4.19. The molecule has 0 amide bonds. The van der Waals surface area contributed by atoms with E-state index in [0.717, 1.165) is 0 Å². The summed E-state index contributed by atoms with van der Waals surface area (Å²) >= 11 is 0. The molecule has 12 heavy (non-hydrogen) atoms. The van der Waals surface area contributed by atoms with Gasteiger partial charge in [0, 0.05) is 12.2 Å². The van der Waals surface area contributed by atoms with Gasteiger partial charge in [0.2, 0.25) is 0 Å². The summed E-state index contributed by atoms with van der Waals surface area (Å²) < 4.78 is 0. The van der Waals surface area contributed by atoms with Crippen LogP contribution in [0.4, 0.5) is 0 Å². The predicted octanol–water partition coefficient (Wildman–Crippen LogP) is 1.39. The van der Waals surface area contributed by atoms with E-state index in [0.29, 0.717) is 12.0 Å². The van der Waals surface area contributed by atoms with Gasteiger partial charge in [0.15, 0.2) is 0 Å². The Balaban J connectivity index is 2.80. The lowest BCUT2D eigenvalue weighted by Gasteiger charge is -2.19. The largest absolute Gasteiger partial charge is 0.313 e. The lowest BCUT2D eigenvalue weighted by Crippen LogP contribution is -2.21. The molecule has 0 aromatic carbocycles. The van der Waals surface area contributed by atoms with Gasteiger partial charge in [0.05, 0.1) is 6.20 Å². The first kappa shape index (κ1) is 9.13. The highest BCUT2D eigenvalue weighted by Gasteiger charge is 2.12. The Kier molecular flexibility index (Phi) is 3.17. The summed E-state index contributed by atoms with van der Waals surface area (Å²) in [5.74, 6) is 0.569. The standard InChI is InChI=1S/C9H15N3/c1-7(2)9(10-3)8-4-5-11-12-6-8/h4-7,9-10H,1-3H3. The summed E-state index contributed by atoms with van der Waals surface area (Å²) in [5.41, 5.74) is 1.20. The van der Waals surface area contributed by atoms with Gasteiger partial charge in [-0.15, -0.1) is 0 Å². The Morgan fingerprint density at radius 3 is 2.50 bits per heavy atom. The van der Waals surface area contributed by atoms with E-state index in [4.69, 9.17) is 0 Å². The lowest BCUT2D eigenvalue weighted by atomic mass is 9.98. The van der Waals surface area contributed by atoms with E-state index < -0.39 is 0 Å². The van der Waals surface area contributed by atoms with Crippen molar-refractivity contribution in [2.45, 2.75) is 19.9 Å². The molecule has 1 aromatic heterocycles. The fraction of sp³-hybridized carbons (Fsp3) is 0.556. The first-order valence-corrected chi connectivity index (χ1v) is 4.19. The Hall–Kier alpha value is -0.960. The van der Waals surface area contributed by atoms with Gasteiger partial charge in [-0.2, -0.15) is 10.2 Å². The van der Waals surface area contributed by atoms with Crippen LogP contribution in [0.1, 0.15) is 25.5 Å². The topological polar surface area (TPSA) is 37.8 Å². The second-order valence-corrected chi connectivity index (χ2v) is 3.19. The van der Waals surface area contributed by atoms with Gasteiger partial charge in [-0.3, -0.25) is 0 Å². The summed E-state index contributed by atoms with van der Waals surface area (Å²) in [6, 6.07) is 2.37. The van der Waals surface area contributed by atoms with Crippen LogP contribution in [0.15, 0.2) is 18.5 Å². The number of nitrogens with one attached hydrogen (secondary N) is 1. The summed E-state index contributed by atoms with van der Waals surface area (Å²) in [4.78, 5) is 0. The third-order valence-corrected chi connectivity index (χ3v) is 1.94. The molecule has 0 aliphatic heterocycles. The lowest BCUT2D eigenvalue weighted by molar-refractivity contribution is 0.441. The quantitative estimate of drug-likeness (QED) is 0.735. The van der Waals surface area contributed by atoms with Crippen molar-refractivity contribution < 1.29 is 0 Å².